The molecule has 0 aliphatic rings. The predicted molar refractivity (Wildman–Crippen MR) is 64.1 cm³/mol. The zero-order valence-corrected chi connectivity index (χ0v) is 10.7. The molecule has 0 heterocycles. The zero-order valence-electron chi connectivity index (χ0n) is 10.7. The van der Waals surface area contributed by atoms with E-state index in [0.29, 0.717) is 0 Å². The van der Waals surface area contributed by atoms with Gasteiger partial charge in [-0.15, -0.1) is 0 Å². The first-order valence-corrected chi connectivity index (χ1v) is 6.06. The van der Waals surface area contributed by atoms with Gasteiger partial charge in [0.15, 0.2) is 0 Å². The van der Waals surface area contributed by atoms with Crippen molar-refractivity contribution in [3.05, 3.63) is 0 Å². The van der Waals surface area contributed by atoms with E-state index >= 15 is 0 Å². The van der Waals surface area contributed by atoms with Gasteiger partial charge in [0.2, 0.25) is 0 Å². The van der Waals surface area contributed by atoms with Gasteiger partial charge in [-0.1, -0.05) is 73.6 Å². The maximum atomic E-state index is 2.25. The molecule has 0 heteroatoms. The summed E-state index contributed by atoms with van der Waals surface area (Å²) >= 11 is 0. The first kappa shape index (κ1) is 15.5. The molecule has 0 saturated carbocycles. The summed E-state index contributed by atoms with van der Waals surface area (Å²) in [6.45, 7) is 13.5. The third-order valence-corrected chi connectivity index (χ3v) is 2.54. The highest BCUT2D eigenvalue weighted by Gasteiger charge is 1.95. The Balaban J connectivity index is 0. The van der Waals surface area contributed by atoms with Crippen LogP contribution in [0.1, 0.15) is 73.6 Å². The SMILES string of the molecule is CC(C)C(C)C.CCCCCCC. The first-order chi connectivity index (χ1) is 6.06. The number of hydrogen-bond donors (Lipinski definition) is 0. The minimum absolute atomic E-state index is 0.852. The van der Waals surface area contributed by atoms with Crippen LogP contribution in [0.2, 0.25) is 0 Å². The fourth-order valence-electron chi connectivity index (χ4n) is 0.677. The van der Waals surface area contributed by atoms with Crippen LogP contribution in [-0.2, 0) is 0 Å². The van der Waals surface area contributed by atoms with Crippen molar-refractivity contribution in [2.75, 3.05) is 0 Å². The van der Waals surface area contributed by atoms with Crippen LogP contribution in [0.3, 0.4) is 0 Å². The molecule has 0 rings (SSSR count). The third kappa shape index (κ3) is 18.8. The van der Waals surface area contributed by atoms with Crippen LogP contribution in [0.25, 0.3) is 0 Å². The lowest BCUT2D eigenvalue weighted by molar-refractivity contribution is 0.457. The van der Waals surface area contributed by atoms with Crippen molar-refractivity contribution in [3.8, 4) is 0 Å². The highest BCUT2D eigenvalue weighted by molar-refractivity contribution is 4.46. The van der Waals surface area contributed by atoms with E-state index in [-0.39, 0.29) is 0 Å². The van der Waals surface area contributed by atoms with Gasteiger partial charge in [-0.2, -0.15) is 0 Å². The maximum Gasteiger partial charge on any atom is -0.0448 e. The van der Waals surface area contributed by atoms with E-state index < -0.39 is 0 Å². The fraction of sp³-hybridized carbons (Fsp3) is 1.00. The smallest absolute Gasteiger partial charge is 0.0448 e. The molecular weight excluding hydrogens is 156 g/mol. The fourth-order valence-corrected chi connectivity index (χ4v) is 0.677. The van der Waals surface area contributed by atoms with E-state index in [4.69, 9.17) is 0 Å². The van der Waals surface area contributed by atoms with Gasteiger partial charge in [0.25, 0.3) is 0 Å². The summed E-state index contributed by atoms with van der Waals surface area (Å²) in [5.74, 6) is 1.70. The molecule has 82 valence electrons. The Morgan fingerprint density at radius 1 is 0.615 bits per heavy atom. The lowest BCUT2D eigenvalue weighted by Gasteiger charge is -2.05. The van der Waals surface area contributed by atoms with Crippen molar-refractivity contribution < 1.29 is 0 Å². The minimum atomic E-state index is 0.852. The molecule has 0 aromatic carbocycles. The molecule has 0 nitrogen and oxygen atoms in total. The van der Waals surface area contributed by atoms with Crippen molar-refractivity contribution in [2.45, 2.75) is 73.6 Å². The molecule has 0 radical (unpaired) electrons. The van der Waals surface area contributed by atoms with Crippen molar-refractivity contribution in [2.24, 2.45) is 11.8 Å². The van der Waals surface area contributed by atoms with Crippen LogP contribution >= 0.6 is 0 Å². The average Bonchev–Trinajstić information content (AvgIpc) is 2.06. The molecule has 0 aliphatic carbocycles. The van der Waals surface area contributed by atoms with Gasteiger partial charge in [-0.05, 0) is 11.8 Å². The molecule has 0 fully saturated rings. The van der Waals surface area contributed by atoms with Gasteiger partial charge in [0.05, 0.1) is 0 Å². The van der Waals surface area contributed by atoms with Gasteiger partial charge in [0, 0.05) is 0 Å². The van der Waals surface area contributed by atoms with Gasteiger partial charge in [-0.25, -0.2) is 0 Å². The monoisotopic (exact) mass is 186 g/mol. The molecule has 0 aromatic heterocycles. The number of rotatable bonds is 5. The average molecular weight is 186 g/mol. The Morgan fingerprint density at radius 2 is 0.923 bits per heavy atom. The van der Waals surface area contributed by atoms with Gasteiger partial charge < -0.3 is 0 Å². The van der Waals surface area contributed by atoms with Crippen LogP contribution in [-0.4, -0.2) is 0 Å². The van der Waals surface area contributed by atoms with Gasteiger partial charge in [-0.3, -0.25) is 0 Å². The number of unbranched alkanes of at least 4 members (excludes halogenated alkanes) is 4. The lowest BCUT2D eigenvalue weighted by Crippen LogP contribution is -1.95. The van der Waals surface area contributed by atoms with E-state index in [9.17, 15) is 0 Å². The third-order valence-electron chi connectivity index (χ3n) is 2.54. The zero-order chi connectivity index (χ0) is 10.7. The Hall–Kier alpha value is 0. The summed E-state index contributed by atoms with van der Waals surface area (Å²) in [4.78, 5) is 0. The van der Waals surface area contributed by atoms with Crippen LogP contribution in [0.4, 0.5) is 0 Å². The Bertz CT molecular complexity index is 62.1. The Kier molecular flexibility index (Phi) is 14.3. The quantitative estimate of drug-likeness (QED) is 0.513. The second-order valence-electron chi connectivity index (χ2n) is 4.55. The first-order valence-electron chi connectivity index (χ1n) is 6.06. The summed E-state index contributed by atoms with van der Waals surface area (Å²) in [6.07, 6.45) is 7.01. The van der Waals surface area contributed by atoms with Gasteiger partial charge >= 0.3 is 0 Å². The largest absolute Gasteiger partial charge is 0.0654 e. The second-order valence-corrected chi connectivity index (χ2v) is 4.55. The Labute approximate surface area is 86.1 Å². The molecular formula is C13H30. The molecule has 0 saturated heterocycles. The van der Waals surface area contributed by atoms with Crippen LogP contribution in [0, 0.1) is 11.8 Å². The highest BCUT2D eigenvalue weighted by atomic mass is 14.0. The van der Waals surface area contributed by atoms with Crippen LogP contribution < -0.4 is 0 Å². The molecule has 0 unspecified atom stereocenters. The van der Waals surface area contributed by atoms with Crippen molar-refractivity contribution >= 4 is 0 Å². The van der Waals surface area contributed by atoms with E-state index in [2.05, 4.69) is 41.5 Å². The van der Waals surface area contributed by atoms with E-state index in [1.807, 2.05) is 0 Å². The van der Waals surface area contributed by atoms with Crippen molar-refractivity contribution in [1.82, 2.24) is 0 Å². The van der Waals surface area contributed by atoms with Gasteiger partial charge in [0.1, 0.15) is 0 Å². The molecule has 0 atom stereocenters. The molecule has 0 bridgehead atoms. The summed E-state index contributed by atoms with van der Waals surface area (Å²) in [5.41, 5.74) is 0. The topological polar surface area (TPSA) is 0 Å². The normalized spacial score (nSPS) is 10.2. The molecule has 13 heavy (non-hydrogen) atoms. The van der Waals surface area contributed by atoms with E-state index in [1.54, 1.807) is 0 Å². The minimum Gasteiger partial charge on any atom is -0.0654 e. The maximum absolute atomic E-state index is 2.25. The summed E-state index contributed by atoms with van der Waals surface area (Å²) < 4.78 is 0. The van der Waals surface area contributed by atoms with E-state index in [1.165, 1.54) is 32.1 Å². The van der Waals surface area contributed by atoms with Crippen LogP contribution in [0.5, 0.6) is 0 Å². The van der Waals surface area contributed by atoms with Crippen molar-refractivity contribution in [1.29, 1.82) is 0 Å². The van der Waals surface area contributed by atoms with E-state index in [0.717, 1.165) is 11.8 Å². The lowest BCUT2D eigenvalue weighted by atomic mass is 10.0. The molecule has 0 N–H and O–H groups in total. The summed E-state index contributed by atoms with van der Waals surface area (Å²) in [7, 11) is 0. The standard InChI is InChI=1S/C7H16.C6H14/c1-3-5-7-6-4-2;1-5(2)6(3)4/h3-7H2,1-2H3;5-6H,1-4H3. The molecule has 0 aliphatic heterocycles. The second kappa shape index (κ2) is 12.0. The molecule has 0 amide bonds. The summed E-state index contributed by atoms with van der Waals surface area (Å²) in [6, 6.07) is 0. The predicted octanol–water partition coefficient (Wildman–Crippen LogP) is 5.28. The number of hydrogen-bond acceptors (Lipinski definition) is 0. The highest BCUT2D eigenvalue weighted by Crippen LogP contribution is 2.05. The van der Waals surface area contributed by atoms with Crippen LogP contribution in [0.15, 0.2) is 0 Å². The summed E-state index contributed by atoms with van der Waals surface area (Å²) in [5, 5.41) is 0. The molecule has 0 aromatic rings. The van der Waals surface area contributed by atoms with Crippen molar-refractivity contribution in [3.63, 3.8) is 0 Å². The Morgan fingerprint density at radius 3 is 1.08 bits per heavy atom. The molecule has 0 spiro atoms.